The number of hydrogen-bond acceptors (Lipinski definition) is 4. The molecular weight excluding hydrogens is 317 g/mol. The Kier molecular flexibility index (Phi) is 4.47. The van der Waals surface area contributed by atoms with Crippen LogP contribution in [-0.2, 0) is 17.9 Å². The topological polar surface area (TPSA) is 64.0 Å². The van der Waals surface area contributed by atoms with Crippen LogP contribution in [0.3, 0.4) is 0 Å². The number of benzene rings is 1. The number of halogens is 1. The Morgan fingerprint density at radius 2 is 2.04 bits per heavy atom. The van der Waals surface area contributed by atoms with Crippen LogP contribution >= 0.6 is 11.3 Å². The molecule has 0 unspecified atom stereocenters. The van der Waals surface area contributed by atoms with Crippen molar-refractivity contribution in [2.45, 2.75) is 19.5 Å². The molecule has 0 saturated carbocycles. The first kappa shape index (κ1) is 15.4. The standard InChI is InChI=1S/C16H14FN3O2S/c17-12-3-1-11(2-4-12)9-18-14(21)5-7-20-10-19-15-13(16(20)22)6-8-23-15/h1-4,6,8,10H,5,7,9H2,(H,18,21). The Bertz CT molecular complexity index is 886. The fourth-order valence-electron chi connectivity index (χ4n) is 2.17. The summed E-state index contributed by atoms with van der Waals surface area (Å²) in [6, 6.07) is 7.68. The highest BCUT2D eigenvalue weighted by Gasteiger charge is 2.07. The van der Waals surface area contributed by atoms with Crippen molar-refractivity contribution in [2.24, 2.45) is 0 Å². The van der Waals surface area contributed by atoms with Gasteiger partial charge in [0.25, 0.3) is 5.56 Å². The molecule has 1 aromatic carbocycles. The molecule has 1 N–H and O–H groups in total. The molecule has 3 aromatic rings. The zero-order valence-corrected chi connectivity index (χ0v) is 13.0. The Balaban J connectivity index is 1.56. The fourth-order valence-corrected chi connectivity index (χ4v) is 2.89. The van der Waals surface area contributed by atoms with E-state index in [1.165, 1.54) is 34.4 Å². The molecule has 3 rings (SSSR count). The van der Waals surface area contributed by atoms with Crippen LogP contribution in [0.4, 0.5) is 4.39 Å². The second-order valence-electron chi connectivity index (χ2n) is 5.04. The SMILES string of the molecule is O=C(CCn1cnc2sccc2c1=O)NCc1ccc(F)cc1. The highest BCUT2D eigenvalue weighted by Crippen LogP contribution is 2.13. The van der Waals surface area contributed by atoms with Gasteiger partial charge in [-0.05, 0) is 29.1 Å². The summed E-state index contributed by atoms with van der Waals surface area (Å²) in [4.78, 5) is 28.9. The largest absolute Gasteiger partial charge is 0.352 e. The van der Waals surface area contributed by atoms with Crippen LogP contribution < -0.4 is 10.9 Å². The Morgan fingerprint density at radius 1 is 1.26 bits per heavy atom. The molecule has 5 nitrogen and oxygen atoms in total. The van der Waals surface area contributed by atoms with E-state index in [4.69, 9.17) is 0 Å². The molecule has 0 fully saturated rings. The lowest BCUT2D eigenvalue weighted by molar-refractivity contribution is -0.121. The summed E-state index contributed by atoms with van der Waals surface area (Å²) in [5, 5.41) is 5.14. The van der Waals surface area contributed by atoms with E-state index < -0.39 is 0 Å². The van der Waals surface area contributed by atoms with Crippen LogP contribution in [0.25, 0.3) is 10.2 Å². The van der Waals surface area contributed by atoms with Crippen LogP contribution in [0, 0.1) is 5.82 Å². The lowest BCUT2D eigenvalue weighted by atomic mass is 10.2. The minimum atomic E-state index is -0.309. The zero-order chi connectivity index (χ0) is 16.2. The number of rotatable bonds is 5. The average molecular weight is 331 g/mol. The van der Waals surface area contributed by atoms with E-state index in [2.05, 4.69) is 10.3 Å². The van der Waals surface area contributed by atoms with Crippen molar-refractivity contribution >= 4 is 27.5 Å². The maximum atomic E-state index is 12.8. The number of carbonyl (C=O) groups is 1. The van der Waals surface area contributed by atoms with E-state index in [9.17, 15) is 14.0 Å². The first-order valence-corrected chi connectivity index (χ1v) is 7.95. The second kappa shape index (κ2) is 6.70. The molecule has 0 aliphatic rings. The lowest BCUT2D eigenvalue weighted by Gasteiger charge is -2.07. The van der Waals surface area contributed by atoms with Crippen molar-refractivity contribution < 1.29 is 9.18 Å². The smallest absolute Gasteiger partial charge is 0.262 e. The highest BCUT2D eigenvalue weighted by molar-refractivity contribution is 7.16. The van der Waals surface area contributed by atoms with E-state index in [-0.39, 0.29) is 30.2 Å². The molecule has 0 aliphatic carbocycles. The zero-order valence-electron chi connectivity index (χ0n) is 12.2. The molecule has 23 heavy (non-hydrogen) atoms. The maximum Gasteiger partial charge on any atom is 0.262 e. The summed E-state index contributed by atoms with van der Waals surface area (Å²) >= 11 is 1.41. The number of hydrogen-bond donors (Lipinski definition) is 1. The van der Waals surface area contributed by atoms with E-state index >= 15 is 0 Å². The predicted molar refractivity (Wildman–Crippen MR) is 86.7 cm³/mol. The number of nitrogens with one attached hydrogen (secondary N) is 1. The minimum Gasteiger partial charge on any atom is -0.352 e. The van der Waals surface area contributed by atoms with Crippen molar-refractivity contribution in [3.8, 4) is 0 Å². The van der Waals surface area contributed by atoms with E-state index in [0.29, 0.717) is 16.8 Å². The summed E-state index contributed by atoms with van der Waals surface area (Å²) < 4.78 is 14.2. The number of nitrogens with zero attached hydrogens (tertiary/aromatic N) is 2. The number of carbonyl (C=O) groups excluding carboxylic acids is 1. The summed E-state index contributed by atoms with van der Waals surface area (Å²) in [5.41, 5.74) is 0.681. The monoisotopic (exact) mass is 331 g/mol. The van der Waals surface area contributed by atoms with E-state index in [1.54, 1.807) is 18.2 Å². The van der Waals surface area contributed by atoms with Crippen LogP contribution in [0.5, 0.6) is 0 Å². The molecular formula is C16H14FN3O2S. The molecule has 1 amide bonds. The fraction of sp³-hybridized carbons (Fsp3) is 0.188. The number of fused-ring (bicyclic) bond motifs is 1. The minimum absolute atomic E-state index is 0.136. The molecule has 0 saturated heterocycles. The summed E-state index contributed by atoms with van der Waals surface area (Å²) in [6.07, 6.45) is 1.65. The lowest BCUT2D eigenvalue weighted by Crippen LogP contribution is -2.27. The first-order valence-electron chi connectivity index (χ1n) is 7.07. The van der Waals surface area contributed by atoms with E-state index in [1.807, 2.05) is 5.38 Å². The second-order valence-corrected chi connectivity index (χ2v) is 5.93. The van der Waals surface area contributed by atoms with Gasteiger partial charge in [-0.3, -0.25) is 14.2 Å². The quantitative estimate of drug-likeness (QED) is 0.780. The summed E-state index contributed by atoms with van der Waals surface area (Å²) in [7, 11) is 0. The number of aryl methyl sites for hydroxylation is 1. The molecule has 2 aromatic heterocycles. The van der Waals surface area contributed by atoms with Crippen LogP contribution in [0.1, 0.15) is 12.0 Å². The third-order valence-corrected chi connectivity index (χ3v) is 4.25. The van der Waals surface area contributed by atoms with Crippen molar-refractivity contribution in [1.82, 2.24) is 14.9 Å². The Hall–Kier alpha value is -2.54. The van der Waals surface area contributed by atoms with Crippen molar-refractivity contribution in [2.75, 3.05) is 0 Å². The van der Waals surface area contributed by atoms with Gasteiger partial charge in [-0.15, -0.1) is 11.3 Å². The van der Waals surface area contributed by atoms with Gasteiger partial charge in [-0.1, -0.05) is 12.1 Å². The number of thiophene rings is 1. The molecule has 0 spiro atoms. The van der Waals surface area contributed by atoms with Gasteiger partial charge in [0, 0.05) is 19.5 Å². The summed E-state index contributed by atoms with van der Waals surface area (Å²) in [6.45, 7) is 0.600. The molecule has 7 heteroatoms. The number of aromatic nitrogens is 2. The predicted octanol–water partition coefficient (Wildman–Crippen LogP) is 2.30. The van der Waals surface area contributed by atoms with Gasteiger partial charge in [0.1, 0.15) is 10.6 Å². The number of amides is 1. The van der Waals surface area contributed by atoms with Gasteiger partial charge in [-0.2, -0.15) is 0 Å². The van der Waals surface area contributed by atoms with Gasteiger partial charge < -0.3 is 5.32 Å². The average Bonchev–Trinajstić information content (AvgIpc) is 3.03. The van der Waals surface area contributed by atoms with Gasteiger partial charge in [0.2, 0.25) is 5.91 Å². The molecule has 118 valence electrons. The van der Waals surface area contributed by atoms with Crippen LogP contribution in [-0.4, -0.2) is 15.5 Å². The first-order chi connectivity index (χ1) is 11.1. The molecule has 0 atom stereocenters. The van der Waals surface area contributed by atoms with Gasteiger partial charge in [0.05, 0.1) is 11.7 Å². The van der Waals surface area contributed by atoms with Gasteiger partial charge >= 0.3 is 0 Å². The van der Waals surface area contributed by atoms with Crippen LogP contribution in [0.2, 0.25) is 0 Å². The third kappa shape index (κ3) is 3.62. The van der Waals surface area contributed by atoms with Gasteiger partial charge in [0.15, 0.2) is 0 Å². The molecule has 0 aliphatic heterocycles. The highest BCUT2D eigenvalue weighted by atomic mass is 32.1. The van der Waals surface area contributed by atoms with Crippen LogP contribution in [0.15, 0.2) is 46.8 Å². The van der Waals surface area contributed by atoms with Crippen molar-refractivity contribution in [3.05, 3.63) is 63.8 Å². The van der Waals surface area contributed by atoms with E-state index in [0.717, 1.165) is 5.56 Å². The normalized spacial score (nSPS) is 10.8. The molecule has 0 bridgehead atoms. The van der Waals surface area contributed by atoms with Crippen molar-refractivity contribution in [3.63, 3.8) is 0 Å². The molecule has 2 heterocycles. The van der Waals surface area contributed by atoms with Crippen molar-refractivity contribution in [1.29, 1.82) is 0 Å². The Labute approximate surface area is 135 Å². The van der Waals surface area contributed by atoms with Gasteiger partial charge in [-0.25, -0.2) is 9.37 Å². The maximum absolute atomic E-state index is 12.8. The summed E-state index contributed by atoms with van der Waals surface area (Å²) in [5.74, 6) is -0.484. The molecule has 0 radical (unpaired) electrons. The Morgan fingerprint density at radius 3 is 2.83 bits per heavy atom. The third-order valence-electron chi connectivity index (χ3n) is 3.43.